The minimum Gasteiger partial charge on any atom is -0.503 e. The van der Waals surface area contributed by atoms with Crippen LogP contribution >= 0.6 is 0 Å². The number of carbonyl (C=O) groups excluding carboxylic acids is 1. The van der Waals surface area contributed by atoms with Crippen LogP contribution in [0.2, 0.25) is 0 Å². The fourth-order valence-corrected chi connectivity index (χ4v) is 2.77. The van der Waals surface area contributed by atoms with E-state index < -0.39 is 11.2 Å². The van der Waals surface area contributed by atoms with Gasteiger partial charge in [-0.05, 0) is 12.0 Å². The standard InChI is InChI=1S/C16H16N2O3/c1-17-10-12(9-11-5-3-2-4-6-11)18-8-7-13(19)15(20)14(18)16(17)21/h2-8,12,20H,9-10H2,1H3/t12-/m0/s1. The molecule has 1 amide bonds. The topological polar surface area (TPSA) is 62.5 Å². The van der Waals surface area contributed by atoms with Crippen LogP contribution in [0.1, 0.15) is 22.1 Å². The van der Waals surface area contributed by atoms with Gasteiger partial charge in [0.15, 0.2) is 11.4 Å². The Morgan fingerprint density at radius 2 is 1.90 bits per heavy atom. The van der Waals surface area contributed by atoms with Gasteiger partial charge in [0.05, 0.1) is 6.04 Å². The Morgan fingerprint density at radius 1 is 1.19 bits per heavy atom. The second kappa shape index (κ2) is 5.09. The maximum absolute atomic E-state index is 12.2. The lowest BCUT2D eigenvalue weighted by Gasteiger charge is -2.34. The lowest BCUT2D eigenvalue weighted by molar-refractivity contribution is 0.0709. The van der Waals surface area contributed by atoms with Crippen LogP contribution in [-0.2, 0) is 6.42 Å². The minimum absolute atomic E-state index is 0.00315. The van der Waals surface area contributed by atoms with Gasteiger partial charge >= 0.3 is 0 Å². The van der Waals surface area contributed by atoms with E-state index in [0.717, 1.165) is 12.0 Å². The van der Waals surface area contributed by atoms with E-state index in [1.165, 1.54) is 6.07 Å². The Hall–Kier alpha value is -2.56. The molecule has 5 heteroatoms. The smallest absolute Gasteiger partial charge is 0.274 e. The normalized spacial score (nSPS) is 17.7. The average molecular weight is 284 g/mol. The average Bonchev–Trinajstić information content (AvgIpc) is 2.48. The maximum Gasteiger partial charge on any atom is 0.274 e. The first-order valence-corrected chi connectivity index (χ1v) is 6.81. The van der Waals surface area contributed by atoms with Gasteiger partial charge in [0, 0.05) is 25.9 Å². The number of amides is 1. The third-order valence-corrected chi connectivity index (χ3v) is 3.84. The Balaban J connectivity index is 2.05. The van der Waals surface area contributed by atoms with Gasteiger partial charge in [0.25, 0.3) is 5.91 Å². The quantitative estimate of drug-likeness (QED) is 0.907. The van der Waals surface area contributed by atoms with Crippen LogP contribution < -0.4 is 5.43 Å². The molecule has 1 aromatic heterocycles. The second-order valence-electron chi connectivity index (χ2n) is 5.31. The van der Waals surface area contributed by atoms with Gasteiger partial charge < -0.3 is 14.6 Å². The Labute approximate surface area is 122 Å². The number of aromatic hydroxyl groups is 1. The summed E-state index contributed by atoms with van der Waals surface area (Å²) >= 11 is 0. The van der Waals surface area contributed by atoms with Crippen molar-refractivity contribution in [2.75, 3.05) is 13.6 Å². The molecule has 0 fully saturated rings. The first-order chi connectivity index (χ1) is 10.1. The van der Waals surface area contributed by atoms with E-state index in [9.17, 15) is 14.7 Å². The Morgan fingerprint density at radius 3 is 2.62 bits per heavy atom. The number of likely N-dealkylation sites (N-methyl/N-ethyl adjacent to an activating group) is 1. The number of benzene rings is 1. The summed E-state index contributed by atoms with van der Waals surface area (Å²) in [7, 11) is 1.68. The molecule has 0 unspecified atom stereocenters. The van der Waals surface area contributed by atoms with Crippen molar-refractivity contribution in [3.05, 3.63) is 64.1 Å². The van der Waals surface area contributed by atoms with E-state index in [1.54, 1.807) is 22.7 Å². The predicted molar refractivity (Wildman–Crippen MR) is 78.5 cm³/mol. The zero-order valence-electron chi connectivity index (χ0n) is 11.7. The summed E-state index contributed by atoms with van der Waals surface area (Å²) in [6, 6.07) is 11.2. The molecular formula is C16H16N2O3. The third kappa shape index (κ3) is 2.31. The molecule has 0 spiro atoms. The molecule has 1 atom stereocenters. The lowest BCUT2D eigenvalue weighted by Crippen LogP contribution is -2.42. The molecule has 1 aromatic carbocycles. The molecule has 3 rings (SSSR count). The second-order valence-corrected chi connectivity index (χ2v) is 5.31. The molecule has 2 aromatic rings. The van der Waals surface area contributed by atoms with Gasteiger partial charge in [-0.3, -0.25) is 9.59 Å². The number of hydrogen-bond acceptors (Lipinski definition) is 3. The SMILES string of the molecule is CN1C[C@H](Cc2ccccc2)n2ccc(=O)c(O)c2C1=O. The van der Waals surface area contributed by atoms with Gasteiger partial charge in [-0.15, -0.1) is 0 Å². The van der Waals surface area contributed by atoms with Crippen molar-refractivity contribution in [1.82, 2.24) is 9.47 Å². The maximum atomic E-state index is 12.2. The summed E-state index contributed by atoms with van der Waals surface area (Å²) in [5.74, 6) is -0.790. The Kier molecular flexibility index (Phi) is 3.25. The molecule has 1 aliphatic rings. The van der Waals surface area contributed by atoms with E-state index >= 15 is 0 Å². The van der Waals surface area contributed by atoms with Crippen molar-refractivity contribution in [2.45, 2.75) is 12.5 Å². The number of pyridine rings is 1. The van der Waals surface area contributed by atoms with E-state index in [0.29, 0.717) is 6.54 Å². The molecule has 2 heterocycles. The number of carbonyl (C=O) groups is 1. The van der Waals surface area contributed by atoms with Crippen molar-refractivity contribution >= 4 is 5.91 Å². The van der Waals surface area contributed by atoms with E-state index in [1.807, 2.05) is 30.3 Å². The highest BCUT2D eigenvalue weighted by Crippen LogP contribution is 2.26. The summed E-state index contributed by atoms with van der Waals surface area (Å²) in [6.45, 7) is 0.545. The fourth-order valence-electron chi connectivity index (χ4n) is 2.77. The third-order valence-electron chi connectivity index (χ3n) is 3.84. The fraction of sp³-hybridized carbons (Fsp3) is 0.250. The van der Waals surface area contributed by atoms with Crippen LogP contribution in [0.4, 0.5) is 0 Å². The molecule has 108 valence electrons. The molecule has 0 saturated heterocycles. The zero-order valence-corrected chi connectivity index (χ0v) is 11.7. The Bertz CT molecular complexity index is 737. The van der Waals surface area contributed by atoms with Gasteiger partial charge in [-0.1, -0.05) is 30.3 Å². The number of rotatable bonds is 2. The molecule has 5 nitrogen and oxygen atoms in total. The first kappa shape index (κ1) is 13.4. The molecular weight excluding hydrogens is 268 g/mol. The number of aromatic nitrogens is 1. The van der Waals surface area contributed by atoms with E-state index in [2.05, 4.69) is 0 Å². The largest absolute Gasteiger partial charge is 0.503 e. The van der Waals surface area contributed by atoms with Crippen molar-refractivity contribution in [3.63, 3.8) is 0 Å². The van der Waals surface area contributed by atoms with Gasteiger partial charge in [0.2, 0.25) is 5.43 Å². The highest BCUT2D eigenvalue weighted by Gasteiger charge is 2.31. The highest BCUT2D eigenvalue weighted by atomic mass is 16.3. The number of fused-ring (bicyclic) bond motifs is 1. The minimum atomic E-state index is -0.525. The van der Waals surface area contributed by atoms with Gasteiger partial charge in [-0.25, -0.2) is 0 Å². The van der Waals surface area contributed by atoms with Crippen LogP contribution in [0.15, 0.2) is 47.4 Å². The molecule has 0 radical (unpaired) electrons. The number of nitrogens with zero attached hydrogens (tertiary/aromatic N) is 2. The summed E-state index contributed by atoms with van der Waals surface area (Å²) in [5, 5.41) is 9.93. The van der Waals surface area contributed by atoms with Crippen LogP contribution in [-0.4, -0.2) is 34.1 Å². The van der Waals surface area contributed by atoms with Crippen molar-refractivity contribution in [3.8, 4) is 5.75 Å². The summed E-state index contributed by atoms with van der Waals surface area (Å²) in [6.07, 6.45) is 2.32. The molecule has 21 heavy (non-hydrogen) atoms. The van der Waals surface area contributed by atoms with E-state index in [4.69, 9.17) is 0 Å². The van der Waals surface area contributed by atoms with Crippen LogP contribution in [0.25, 0.3) is 0 Å². The van der Waals surface area contributed by atoms with Crippen LogP contribution in [0, 0.1) is 0 Å². The van der Waals surface area contributed by atoms with Gasteiger partial charge in [0.1, 0.15) is 0 Å². The first-order valence-electron chi connectivity index (χ1n) is 6.81. The monoisotopic (exact) mass is 284 g/mol. The number of hydrogen-bond donors (Lipinski definition) is 1. The van der Waals surface area contributed by atoms with Crippen LogP contribution in [0.3, 0.4) is 0 Å². The summed E-state index contributed by atoms with van der Waals surface area (Å²) in [5.41, 5.74) is 0.704. The lowest BCUT2D eigenvalue weighted by atomic mass is 10.0. The molecule has 0 saturated carbocycles. The van der Waals surface area contributed by atoms with Crippen LogP contribution in [0.5, 0.6) is 5.75 Å². The van der Waals surface area contributed by atoms with Crippen molar-refractivity contribution in [1.29, 1.82) is 0 Å². The zero-order chi connectivity index (χ0) is 15.0. The summed E-state index contributed by atoms with van der Waals surface area (Å²) in [4.78, 5) is 25.3. The predicted octanol–water partition coefficient (Wildman–Crippen LogP) is 1.42. The molecule has 1 aliphatic heterocycles. The highest BCUT2D eigenvalue weighted by molar-refractivity contribution is 5.95. The molecule has 0 bridgehead atoms. The van der Waals surface area contributed by atoms with Crippen molar-refractivity contribution in [2.24, 2.45) is 0 Å². The van der Waals surface area contributed by atoms with Crippen molar-refractivity contribution < 1.29 is 9.90 Å². The van der Waals surface area contributed by atoms with E-state index in [-0.39, 0.29) is 17.6 Å². The molecule has 0 aliphatic carbocycles. The molecule has 1 N–H and O–H groups in total. The summed E-state index contributed by atoms with van der Waals surface area (Å²) < 4.78 is 1.71. The van der Waals surface area contributed by atoms with Gasteiger partial charge in [-0.2, -0.15) is 0 Å².